The highest BCUT2D eigenvalue weighted by Gasteiger charge is 2.46. The van der Waals surface area contributed by atoms with Crippen LogP contribution in [0, 0.1) is 11.3 Å². The second-order valence-corrected chi connectivity index (χ2v) is 9.18. The van der Waals surface area contributed by atoms with Crippen molar-refractivity contribution < 1.29 is 23.8 Å². The molecule has 2 atom stereocenters. The number of amides is 2. The molecule has 4 rings (SSSR count). The molecule has 2 heterocycles. The lowest BCUT2D eigenvalue weighted by atomic mass is 9.83. The van der Waals surface area contributed by atoms with Gasteiger partial charge in [0.05, 0.1) is 19.6 Å². The Morgan fingerprint density at radius 3 is 2.86 bits per heavy atom. The standard InChI is InChI=1S/C25H29FN6O4/c1-36-24(35)29-23-19(22(28)34)14-32(30-23)25(8-10-27)9-11-31(15-21(25)26)13-16-6-7-18(20(33)12-16)17-4-2-3-5-17/h4,6-7,12,14,21,33H,2-3,5,8-9,11,13,15H2,1H3,(H2,28,34)(H,29,30,35). The van der Waals surface area contributed by atoms with Gasteiger partial charge in [-0.3, -0.25) is 19.7 Å². The van der Waals surface area contributed by atoms with Crippen molar-refractivity contribution in [2.75, 3.05) is 25.5 Å². The van der Waals surface area contributed by atoms with Crippen LogP contribution in [0.4, 0.5) is 15.0 Å². The molecule has 36 heavy (non-hydrogen) atoms. The van der Waals surface area contributed by atoms with Gasteiger partial charge in [0.1, 0.15) is 23.0 Å². The molecule has 2 aromatic rings. The molecule has 190 valence electrons. The summed E-state index contributed by atoms with van der Waals surface area (Å²) in [6, 6.07) is 7.60. The molecule has 4 N–H and O–H groups in total. The molecular formula is C25H29FN6O4. The van der Waals surface area contributed by atoms with Crippen LogP contribution < -0.4 is 11.1 Å². The van der Waals surface area contributed by atoms with Crippen molar-refractivity contribution >= 4 is 23.4 Å². The zero-order chi connectivity index (χ0) is 25.9. The number of primary amides is 1. The van der Waals surface area contributed by atoms with Crippen molar-refractivity contribution in [1.29, 1.82) is 5.26 Å². The maximum absolute atomic E-state index is 15.8. The Hall–Kier alpha value is -3.91. The smallest absolute Gasteiger partial charge is 0.412 e. The van der Waals surface area contributed by atoms with Crippen LogP contribution in [0.15, 0.2) is 30.5 Å². The number of carbonyl (C=O) groups excluding carboxylic acids is 2. The lowest BCUT2D eigenvalue weighted by molar-refractivity contribution is 0.00692. The molecular weight excluding hydrogens is 467 g/mol. The van der Waals surface area contributed by atoms with Gasteiger partial charge in [-0.15, -0.1) is 0 Å². The minimum absolute atomic E-state index is 0.0148. The monoisotopic (exact) mass is 496 g/mol. The largest absolute Gasteiger partial charge is 0.507 e. The molecule has 2 aliphatic rings. The number of nitrogens with one attached hydrogen (secondary N) is 1. The normalized spacial score (nSPS) is 22.0. The Kier molecular flexibility index (Phi) is 7.26. The number of nitriles is 1. The number of anilines is 1. The first kappa shape index (κ1) is 25.2. The van der Waals surface area contributed by atoms with Crippen LogP contribution >= 0.6 is 0 Å². The Bertz CT molecular complexity index is 1240. The van der Waals surface area contributed by atoms with Crippen molar-refractivity contribution in [1.82, 2.24) is 14.7 Å². The second-order valence-electron chi connectivity index (χ2n) is 9.18. The Morgan fingerprint density at radius 2 is 2.25 bits per heavy atom. The molecule has 1 aliphatic heterocycles. The molecule has 0 spiro atoms. The molecule has 1 saturated heterocycles. The van der Waals surface area contributed by atoms with E-state index in [1.165, 1.54) is 10.9 Å². The summed E-state index contributed by atoms with van der Waals surface area (Å²) in [5.41, 5.74) is 6.82. The van der Waals surface area contributed by atoms with E-state index >= 15 is 4.39 Å². The molecule has 1 fully saturated rings. The first-order chi connectivity index (χ1) is 17.3. The summed E-state index contributed by atoms with van der Waals surface area (Å²) in [4.78, 5) is 25.5. The Morgan fingerprint density at radius 1 is 1.44 bits per heavy atom. The number of piperidine rings is 1. The number of rotatable bonds is 7. The van der Waals surface area contributed by atoms with Gasteiger partial charge in [-0.2, -0.15) is 10.4 Å². The molecule has 10 nitrogen and oxygen atoms in total. The molecule has 1 aromatic heterocycles. The SMILES string of the molecule is COC(=O)Nc1nn(C2(CC#N)CCN(Cc3ccc(C4=CCCC4)c(O)c3)CC2F)cc1C(N)=O. The van der Waals surface area contributed by atoms with E-state index in [4.69, 9.17) is 5.73 Å². The quantitative estimate of drug-likeness (QED) is 0.533. The van der Waals surface area contributed by atoms with Crippen molar-refractivity contribution in [3.8, 4) is 11.8 Å². The van der Waals surface area contributed by atoms with Gasteiger partial charge in [-0.05, 0) is 42.9 Å². The highest BCUT2D eigenvalue weighted by Crippen LogP contribution is 2.38. The topological polar surface area (TPSA) is 146 Å². The maximum atomic E-state index is 15.8. The second kappa shape index (κ2) is 10.4. The highest BCUT2D eigenvalue weighted by atomic mass is 19.1. The van der Waals surface area contributed by atoms with Gasteiger partial charge in [0, 0.05) is 31.4 Å². The maximum Gasteiger partial charge on any atom is 0.412 e. The molecule has 2 amide bonds. The van der Waals surface area contributed by atoms with Crippen molar-refractivity contribution in [3.05, 3.63) is 47.2 Å². The molecule has 1 aliphatic carbocycles. The van der Waals surface area contributed by atoms with Gasteiger partial charge in [0.2, 0.25) is 0 Å². The number of hydrogen-bond donors (Lipinski definition) is 3. The fraction of sp³-hybridized carbons (Fsp3) is 0.440. The minimum atomic E-state index is -1.51. The molecule has 0 bridgehead atoms. The van der Waals surface area contributed by atoms with Gasteiger partial charge in [-0.25, -0.2) is 9.18 Å². The van der Waals surface area contributed by atoms with Crippen LogP contribution in [0.5, 0.6) is 5.75 Å². The number of carbonyl (C=O) groups is 2. The number of phenolic OH excluding ortho intramolecular Hbond substituents is 1. The fourth-order valence-electron chi connectivity index (χ4n) is 4.96. The average molecular weight is 497 g/mol. The van der Waals surface area contributed by atoms with Crippen LogP contribution in [0.3, 0.4) is 0 Å². The summed E-state index contributed by atoms with van der Waals surface area (Å²) in [6.45, 7) is 0.888. The third-order valence-electron chi connectivity index (χ3n) is 6.94. The zero-order valence-electron chi connectivity index (χ0n) is 20.0. The zero-order valence-corrected chi connectivity index (χ0v) is 20.0. The molecule has 1 aromatic carbocycles. The number of likely N-dealkylation sites (tertiary alicyclic amines) is 1. The molecule has 0 radical (unpaired) electrons. The predicted octanol–water partition coefficient (Wildman–Crippen LogP) is 3.29. The van der Waals surface area contributed by atoms with Gasteiger partial charge in [-0.1, -0.05) is 18.2 Å². The van der Waals surface area contributed by atoms with E-state index in [0.717, 1.165) is 43.1 Å². The van der Waals surface area contributed by atoms with Crippen LogP contribution in [-0.2, 0) is 16.8 Å². The summed E-state index contributed by atoms with van der Waals surface area (Å²) in [7, 11) is 1.15. The summed E-state index contributed by atoms with van der Waals surface area (Å²) in [5.74, 6) is -0.798. The average Bonchev–Trinajstić information content (AvgIpc) is 3.52. The number of ether oxygens (including phenoxy) is 1. The number of phenols is 1. The minimum Gasteiger partial charge on any atom is -0.507 e. The molecule has 11 heteroatoms. The number of halogens is 1. The van der Waals surface area contributed by atoms with Gasteiger partial charge < -0.3 is 15.6 Å². The summed E-state index contributed by atoms with van der Waals surface area (Å²) >= 11 is 0. The third kappa shape index (κ3) is 4.90. The first-order valence-electron chi connectivity index (χ1n) is 11.8. The molecule has 0 saturated carbocycles. The van der Waals surface area contributed by atoms with Gasteiger partial charge in [0.25, 0.3) is 5.91 Å². The first-order valence-corrected chi connectivity index (χ1v) is 11.8. The Labute approximate surface area is 208 Å². The number of benzene rings is 1. The van der Waals surface area contributed by atoms with E-state index < -0.39 is 23.7 Å². The van der Waals surface area contributed by atoms with Crippen LogP contribution in [0.1, 0.15) is 53.6 Å². The van der Waals surface area contributed by atoms with Crippen LogP contribution in [-0.4, -0.2) is 58.2 Å². The van der Waals surface area contributed by atoms with Crippen molar-refractivity contribution in [2.24, 2.45) is 5.73 Å². The van der Waals surface area contributed by atoms with Crippen molar-refractivity contribution in [2.45, 2.75) is 50.4 Å². The fourth-order valence-corrected chi connectivity index (χ4v) is 4.96. The number of allylic oxidation sites excluding steroid dienone is 2. The Balaban J connectivity index is 1.53. The number of methoxy groups -OCH3 is 1. The summed E-state index contributed by atoms with van der Waals surface area (Å²) in [6.07, 6.45) is 4.14. The number of hydrogen-bond acceptors (Lipinski definition) is 7. The van der Waals surface area contributed by atoms with E-state index in [9.17, 15) is 20.0 Å². The van der Waals surface area contributed by atoms with Gasteiger partial charge in [0.15, 0.2) is 5.82 Å². The number of aromatic nitrogens is 2. The van der Waals surface area contributed by atoms with Crippen molar-refractivity contribution in [3.63, 3.8) is 0 Å². The van der Waals surface area contributed by atoms with E-state index in [1.54, 1.807) is 6.07 Å². The summed E-state index contributed by atoms with van der Waals surface area (Å²) in [5, 5.41) is 26.5. The van der Waals surface area contributed by atoms with E-state index in [-0.39, 0.29) is 36.5 Å². The molecule has 2 unspecified atom stereocenters. The lowest BCUT2D eigenvalue weighted by Crippen LogP contribution is -2.54. The van der Waals surface area contributed by atoms with E-state index in [2.05, 4.69) is 21.2 Å². The number of nitrogens with two attached hydrogens (primary N) is 1. The van der Waals surface area contributed by atoms with E-state index in [1.807, 2.05) is 23.1 Å². The third-order valence-corrected chi connectivity index (χ3v) is 6.94. The number of aromatic hydroxyl groups is 1. The van der Waals surface area contributed by atoms with E-state index in [0.29, 0.717) is 13.1 Å². The van der Waals surface area contributed by atoms with Gasteiger partial charge >= 0.3 is 6.09 Å². The number of nitrogens with zero attached hydrogens (tertiary/aromatic N) is 4. The van der Waals surface area contributed by atoms with Crippen LogP contribution in [0.2, 0.25) is 0 Å². The van der Waals surface area contributed by atoms with Crippen LogP contribution in [0.25, 0.3) is 5.57 Å². The summed E-state index contributed by atoms with van der Waals surface area (Å²) < 4.78 is 21.6. The predicted molar refractivity (Wildman–Crippen MR) is 130 cm³/mol. The lowest BCUT2D eigenvalue weighted by Gasteiger charge is -2.43. The highest BCUT2D eigenvalue weighted by molar-refractivity contribution is 6.00. The number of alkyl halides is 1.